The Hall–Kier alpha value is -2.69. The molecule has 0 unspecified atom stereocenters. The van der Waals surface area contributed by atoms with Gasteiger partial charge < -0.3 is 29.9 Å². The van der Waals surface area contributed by atoms with Gasteiger partial charge in [-0.3, -0.25) is 0 Å². The van der Waals surface area contributed by atoms with Crippen molar-refractivity contribution in [3.63, 3.8) is 0 Å². The maximum absolute atomic E-state index is 14.8. The van der Waals surface area contributed by atoms with Gasteiger partial charge in [-0.1, -0.05) is 0 Å². The molecule has 3 N–H and O–H groups in total. The zero-order valence-electron chi connectivity index (χ0n) is 18.3. The zero-order chi connectivity index (χ0) is 22.3. The van der Waals surface area contributed by atoms with Gasteiger partial charge in [0.25, 0.3) is 0 Å². The zero-order valence-corrected chi connectivity index (χ0v) is 18.3. The number of aromatic nitrogens is 4. The molecule has 2 aromatic rings. The summed E-state index contributed by atoms with van der Waals surface area (Å²) in [5.41, 5.74) is 0.458. The van der Waals surface area contributed by atoms with Gasteiger partial charge in [-0.15, -0.1) is 0 Å². The third-order valence-corrected chi connectivity index (χ3v) is 5.48. The molecule has 2 aromatic heterocycles. The van der Waals surface area contributed by atoms with Crippen LogP contribution in [0.5, 0.6) is 0 Å². The van der Waals surface area contributed by atoms with Gasteiger partial charge in [-0.25, -0.2) is 14.2 Å². The molecule has 2 aliphatic rings. The van der Waals surface area contributed by atoms with Crippen LogP contribution in [0.2, 0.25) is 0 Å². The fraction of sp³-hybridized carbons (Fsp3) is 0.700. The van der Waals surface area contributed by atoms with E-state index in [1.54, 1.807) is 31.7 Å². The third-order valence-electron chi connectivity index (χ3n) is 5.48. The van der Waals surface area contributed by atoms with Crippen LogP contribution < -0.4 is 10.6 Å². The smallest absolute Gasteiger partial charge is 0.410 e. The summed E-state index contributed by atoms with van der Waals surface area (Å²) in [6.45, 7) is 5.41. The molecule has 1 aliphatic carbocycles. The van der Waals surface area contributed by atoms with Crippen molar-refractivity contribution in [1.29, 1.82) is 0 Å². The Morgan fingerprint density at radius 3 is 2.74 bits per heavy atom. The summed E-state index contributed by atoms with van der Waals surface area (Å²) in [5, 5.41) is 16.0. The quantitative estimate of drug-likeness (QED) is 0.630. The molecule has 1 amide bonds. The lowest BCUT2D eigenvalue weighted by Gasteiger charge is -2.24. The molecular weight excluding hydrogens is 405 g/mol. The predicted octanol–water partition coefficient (Wildman–Crippen LogP) is 1.92. The standard InChI is InChI=1S/C20H30FN7O3/c1-20(2,3)31-19(30)28-7-12(21)13(8-28)23-16-15-17(27(4)10-22-15)26-18(25-16)24-14(9-29)11-5-6-11/h10-14,29H,5-9H2,1-4H3,(H2,23,24,25,26)/t12-,13-,14+/m1/s1. The Bertz CT molecular complexity index is 956. The summed E-state index contributed by atoms with van der Waals surface area (Å²) >= 11 is 0. The number of aliphatic hydroxyl groups is 1. The van der Waals surface area contributed by atoms with Crippen LogP contribution in [0.3, 0.4) is 0 Å². The Balaban J connectivity index is 1.54. The highest BCUT2D eigenvalue weighted by molar-refractivity contribution is 5.84. The highest BCUT2D eigenvalue weighted by atomic mass is 19.1. The largest absolute Gasteiger partial charge is 0.444 e. The van der Waals surface area contributed by atoms with Gasteiger partial charge in [0.2, 0.25) is 5.95 Å². The second kappa shape index (κ2) is 8.10. The maximum Gasteiger partial charge on any atom is 0.410 e. The van der Waals surface area contributed by atoms with Gasteiger partial charge in [-0.05, 0) is 39.5 Å². The van der Waals surface area contributed by atoms with Crippen molar-refractivity contribution in [3.8, 4) is 0 Å². The molecule has 1 aliphatic heterocycles. The first kappa shape index (κ1) is 21.5. The Morgan fingerprint density at radius 1 is 1.35 bits per heavy atom. The van der Waals surface area contributed by atoms with Crippen LogP contribution in [-0.2, 0) is 11.8 Å². The summed E-state index contributed by atoms with van der Waals surface area (Å²) in [4.78, 5) is 27.1. The number of fused-ring (bicyclic) bond motifs is 1. The number of ether oxygens (including phenoxy) is 1. The molecule has 3 atom stereocenters. The predicted molar refractivity (Wildman–Crippen MR) is 114 cm³/mol. The number of rotatable bonds is 6. The average Bonchev–Trinajstić information content (AvgIpc) is 3.37. The molecule has 11 heteroatoms. The molecule has 3 heterocycles. The maximum atomic E-state index is 14.8. The molecule has 170 valence electrons. The molecule has 1 saturated heterocycles. The number of aryl methyl sites for hydroxylation is 1. The highest BCUT2D eigenvalue weighted by Gasteiger charge is 2.38. The van der Waals surface area contributed by atoms with Crippen LogP contribution in [0.1, 0.15) is 33.6 Å². The number of imidazole rings is 1. The normalized spacial score (nSPS) is 22.6. The minimum atomic E-state index is -1.28. The van der Waals surface area contributed by atoms with E-state index in [-0.39, 0.29) is 25.7 Å². The van der Waals surface area contributed by atoms with Gasteiger partial charge >= 0.3 is 6.09 Å². The second-order valence-electron chi connectivity index (χ2n) is 9.35. The molecule has 2 fully saturated rings. The number of hydrogen-bond donors (Lipinski definition) is 3. The first-order valence-electron chi connectivity index (χ1n) is 10.6. The summed E-state index contributed by atoms with van der Waals surface area (Å²) < 4.78 is 21.9. The molecule has 4 rings (SSSR count). The molecule has 1 saturated carbocycles. The fourth-order valence-corrected chi connectivity index (χ4v) is 3.70. The lowest BCUT2D eigenvalue weighted by molar-refractivity contribution is 0.0283. The number of hydrogen-bond acceptors (Lipinski definition) is 8. The molecule has 0 radical (unpaired) electrons. The number of alkyl halides is 1. The number of anilines is 2. The van der Waals surface area contributed by atoms with E-state index in [9.17, 15) is 14.3 Å². The van der Waals surface area contributed by atoms with Crippen LogP contribution in [0, 0.1) is 5.92 Å². The van der Waals surface area contributed by atoms with Crippen LogP contribution in [0.15, 0.2) is 6.33 Å². The first-order valence-corrected chi connectivity index (χ1v) is 10.6. The fourth-order valence-electron chi connectivity index (χ4n) is 3.70. The monoisotopic (exact) mass is 435 g/mol. The van der Waals surface area contributed by atoms with E-state index in [0.717, 1.165) is 12.8 Å². The Labute approximate surface area is 180 Å². The number of nitrogens with one attached hydrogen (secondary N) is 2. The topological polar surface area (TPSA) is 117 Å². The molecule has 0 spiro atoms. The highest BCUT2D eigenvalue weighted by Crippen LogP contribution is 2.34. The number of likely N-dealkylation sites (tertiary alicyclic amines) is 1. The Morgan fingerprint density at radius 2 is 2.10 bits per heavy atom. The number of halogens is 1. The van der Waals surface area contributed by atoms with E-state index in [0.29, 0.717) is 28.8 Å². The summed E-state index contributed by atoms with van der Waals surface area (Å²) in [6.07, 6.45) is 1.91. The van der Waals surface area contributed by atoms with E-state index in [4.69, 9.17) is 4.74 Å². The lowest BCUT2D eigenvalue weighted by atomic mass is 10.2. The van der Waals surface area contributed by atoms with Gasteiger partial charge in [0, 0.05) is 13.6 Å². The summed E-state index contributed by atoms with van der Waals surface area (Å²) in [6, 6.07) is -0.779. The number of nitrogens with zero attached hydrogens (tertiary/aromatic N) is 5. The molecular formula is C20H30FN7O3. The minimum Gasteiger partial charge on any atom is -0.444 e. The average molecular weight is 436 g/mol. The van der Waals surface area contributed by atoms with Gasteiger partial charge in [0.05, 0.1) is 31.6 Å². The molecule has 31 heavy (non-hydrogen) atoms. The van der Waals surface area contributed by atoms with Gasteiger partial charge in [0.15, 0.2) is 17.0 Å². The molecule has 0 aromatic carbocycles. The SMILES string of the molecule is Cn1cnc2c(N[C@@H]3CN(C(=O)OC(C)(C)C)C[C@H]3F)nc(N[C@@H](CO)C3CC3)nc21. The lowest BCUT2D eigenvalue weighted by Crippen LogP contribution is -2.36. The number of amides is 1. The van der Waals surface area contributed by atoms with Crippen LogP contribution in [-0.4, -0.2) is 79.2 Å². The van der Waals surface area contributed by atoms with E-state index in [1.165, 1.54) is 4.90 Å². The minimum absolute atomic E-state index is 0.0137. The van der Waals surface area contributed by atoms with Gasteiger partial charge in [0.1, 0.15) is 11.8 Å². The number of aliphatic hydroxyl groups excluding tert-OH is 1. The van der Waals surface area contributed by atoms with Crippen LogP contribution >= 0.6 is 0 Å². The second-order valence-corrected chi connectivity index (χ2v) is 9.35. The summed E-state index contributed by atoms with van der Waals surface area (Å²) in [5.74, 6) is 1.14. The Kier molecular flexibility index (Phi) is 5.63. The van der Waals surface area contributed by atoms with Crippen molar-refractivity contribution in [2.75, 3.05) is 30.3 Å². The summed E-state index contributed by atoms with van der Waals surface area (Å²) in [7, 11) is 1.82. The first-order chi connectivity index (χ1) is 14.6. The van der Waals surface area contributed by atoms with Crippen molar-refractivity contribution in [2.45, 2.75) is 57.5 Å². The molecule has 0 bridgehead atoms. The van der Waals surface area contributed by atoms with Crippen molar-refractivity contribution in [1.82, 2.24) is 24.4 Å². The van der Waals surface area contributed by atoms with E-state index in [1.807, 2.05) is 7.05 Å². The van der Waals surface area contributed by atoms with Crippen molar-refractivity contribution in [2.24, 2.45) is 13.0 Å². The van der Waals surface area contributed by atoms with Crippen LogP contribution in [0.25, 0.3) is 11.2 Å². The van der Waals surface area contributed by atoms with E-state index in [2.05, 4.69) is 25.6 Å². The van der Waals surface area contributed by atoms with Gasteiger partial charge in [-0.2, -0.15) is 9.97 Å². The number of carbonyl (C=O) groups is 1. The van der Waals surface area contributed by atoms with Crippen molar-refractivity contribution < 1.29 is 19.0 Å². The molecule has 10 nitrogen and oxygen atoms in total. The van der Waals surface area contributed by atoms with E-state index < -0.39 is 23.9 Å². The van der Waals surface area contributed by atoms with Crippen LogP contribution in [0.4, 0.5) is 21.0 Å². The number of carbonyl (C=O) groups excluding carboxylic acids is 1. The third kappa shape index (κ3) is 4.81. The van der Waals surface area contributed by atoms with E-state index >= 15 is 0 Å². The van der Waals surface area contributed by atoms with Crippen molar-refractivity contribution in [3.05, 3.63) is 6.33 Å². The van der Waals surface area contributed by atoms with Crippen molar-refractivity contribution >= 4 is 29.0 Å².